The Morgan fingerprint density at radius 3 is 2.50 bits per heavy atom. The predicted octanol–water partition coefficient (Wildman–Crippen LogP) is 3.09. The van der Waals surface area contributed by atoms with Gasteiger partial charge in [-0.05, 0) is 36.6 Å². The molecule has 0 saturated carbocycles. The molecule has 112 valence electrons. The van der Waals surface area contributed by atoms with E-state index < -0.39 is 5.60 Å². The van der Waals surface area contributed by atoms with Crippen molar-refractivity contribution in [2.75, 3.05) is 18.0 Å². The van der Waals surface area contributed by atoms with Crippen LogP contribution in [0.1, 0.15) is 24.0 Å². The Balaban J connectivity index is 1.77. The predicted molar refractivity (Wildman–Crippen MR) is 85.7 cm³/mol. The molecular formula is C17H16ClN3O. The molecule has 0 amide bonds. The molecule has 1 aliphatic rings. The summed E-state index contributed by atoms with van der Waals surface area (Å²) in [7, 11) is 0. The van der Waals surface area contributed by atoms with E-state index in [0.717, 1.165) is 11.3 Å². The third-order valence-electron chi connectivity index (χ3n) is 4.23. The van der Waals surface area contributed by atoms with Crippen LogP contribution in [0, 0.1) is 11.3 Å². The lowest BCUT2D eigenvalue weighted by atomic mass is 9.84. The SMILES string of the molecule is N#Cc1ccncc1N1CCC(O)(c2ccc(Cl)cc2)CC1. The average Bonchev–Trinajstić information content (AvgIpc) is 2.56. The molecule has 0 spiro atoms. The number of rotatable bonds is 2. The number of aliphatic hydroxyl groups is 1. The summed E-state index contributed by atoms with van der Waals surface area (Å²) in [5.74, 6) is 0. The lowest BCUT2D eigenvalue weighted by Crippen LogP contribution is -2.43. The van der Waals surface area contributed by atoms with Gasteiger partial charge in [-0.15, -0.1) is 0 Å². The number of benzene rings is 1. The van der Waals surface area contributed by atoms with Crippen LogP contribution in [-0.2, 0) is 5.60 Å². The molecule has 1 aromatic carbocycles. The highest BCUT2D eigenvalue weighted by Gasteiger charge is 2.34. The fourth-order valence-corrected chi connectivity index (χ4v) is 3.02. The number of pyridine rings is 1. The van der Waals surface area contributed by atoms with Gasteiger partial charge in [0.1, 0.15) is 6.07 Å². The Morgan fingerprint density at radius 1 is 1.18 bits per heavy atom. The van der Waals surface area contributed by atoms with Crippen molar-refractivity contribution >= 4 is 17.3 Å². The third kappa shape index (κ3) is 2.78. The largest absolute Gasteiger partial charge is 0.385 e. The van der Waals surface area contributed by atoms with Gasteiger partial charge >= 0.3 is 0 Å². The molecule has 2 heterocycles. The van der Waals surface area contributed by atoms with Gasteiger partial charge in [0.2, 0.25) is 0 Å². The zero-order valence-electron chi connectivity index (χ0n) is 12.0. The maximum atomic E-state index is 10.9. The Bertz CT molecular complexity index is 701. The van der Waals surface area contributed by atoms with Crippen LogP contribution in [0.15, 0.2) is 42.7 Å². The molecule has 1 N–H and O–H groups in total. The number of nitrogens with zero attached hydrogens (tertiary/aromatic N) is 3. The zero-order chi connectivity index (χ0) is 15.6. The molecule has 0 bridgehead atoms. The highest BCUT2D eigenvalue weighted by Crippen LogP contribution is 2.35. The molecule has 22 heavy (non-hydrogen) atoms. The van der Waals surface area contributed by atoms with E-state index in [-0.39, 0.29) is 0 Å². The zero-order valence-corrected chi connectivity index (χ0v) is 12.8. The first-order chi connectivity index (χ1) is 10.6. The van der Waals surface area contributed by atoms with Crippen LogP contribution >= 0.6 is 11.6 Å². The molecular weight excluding hydrogens is 298 g/mol. The van der Waals surface area contributed by atoms with E-state index in [1.807, 2.05) is 12.1 Å². The van der Waals surface area contributed by atoms with Crippen LogP contribution in [0.2, 0.25) is 5.02 Å². The van der Waals surface area contributed by atoms with Crippen LogP contribution < -0.4 is 4.90 Å². The van der Waals surface area contributed by atoms with Gasteiger partial charge < -0.3 is 10.0 Å². The van der Waals surface area contributed by atoms with E-state index >= 15 is 0 Å². The average molecular weight is 314 g/mol. The van der Waals surface area contributed by atoms with Gasteiger partial charge in [-0.3, -0.25) is 4.98 Å². The summed E-state index contributed by atoms with van der Waals surface area (Å²) in [5.41, 5.74) is 1.51. The Kier molecular flexibility index (Phi) is 4.02. The molecule has 0 atom stereocenters. The van der Waals surface area contributed by atoms with Gasteiger partial charge in [-0.1, -0.05) is 23.7 Å². The molecule has 0 unspecified atom stereocenters. The number of hydrogen-bond acceptors (Lipinski definition) is 4. The van der Waals surface area contributed by atoms with Crippen LogP contribution in [-0.4, -0.2) is 23.2 Å². The summed E-state index contributed by atoms with van der Waals surface area (Å²) >= 11 is 5.91. The van der Waals surface area contributed by atoms with Gasteiger partial charge in [-0.2, -0.15) is 5.26 Å². The van der Waals surface area contributed by atoms with E-state index in [4.69, 9.17) is 11.6 Å². The van der Waals surface area contributed by atoms with Crippen molar-refractivity contribution in [3.05, 3.63) is 58.9 Å². The van der Waals surface area contributed by atoms with Gasteiger partial charge in [0, 0.05) is 24.3 Å². The molecule has 1 aromatic heterocycles. The van der Waals surface area contributed by atoms with Crippen LogP contribution in [0.4, 0.5) is 5.69 Å². The van der Waals surface area contributed by atoms with E-state index in [1.165, 1.54) is 0 Å². The van der Waals surface area contributed by atoms with Crippen LogP contribution in [0.3, 0.4) is 0 Å². The van der Waals surface area contributed by atoms with Crippen molar-refractivity contribution in [1.29, 1.82) is 5.26 Å². The topological polar surface area (TPSA) is 60.2 Å². The van der Waals surface area contributed by atoms with Gasteiger partial charge in [0.15, 0.2) is 0 Å². The lowest BCUT2D eigenvalue weighted by Gasteiger charge is -2.39. The molecule has 0 aliphatic carbocycles. The second kappa shape index (κ2) is 5.96. The standard InChI is InChI=1S/C17H16ClN3O/c18-15-3-1-14(2-4-15)17(22)6-9-21(10-7-17)16-12-20-8-5-13(16)11-19/h1-5,8,12,22H,6-7,9-10H2. The van der Waals surface area contributed by atoms with E-state index in [1.54, 1.807) is 30.6 Å². The highest BCUT2D eigenvalue weighted by molar-refractivity contribution is 6.30. The summed E-state index contributed by atoms with van der Waals surface area (Å²) < 4.78 is 0. The maximum Gasteiger partial charge on any atom is 0.101 e. The monoisotopic (exact) mass is 313 g/mol. The van der Waals surface area contributed by atoms with Crippen LogP contribution in [0.25, 0.3) is 0 Å². The summed E-state index contributed by atoms with van der Waals surface area (Å²) in [6, 6.07) is 11.3. The van der Waals surface area contributed by atoms with E-state index in [2.05, 4.69) is 16.0 Å². The molecule has 4 nitrogen and oxygen atoms in total. The fourth-order valence-electron chi connectivity index (χ4n) is 2.90. The molecule has 0 radical (unpaired) electrons. The van der Waals surface area contributed by atoms with Crippen molar-refractivity contribution in [2.45, 2.75) is 18.4 Å². The van der Waals surface area contributed by atoms with Crippen LogP contribution in [0.5, 0.6) is 0 Å². The first-order valence-electron chi connectivity index (χ1n) is 7.20. The minimum atomic E-state index is -0.837. The lowest BCUT2D eigenvalue weighted by molar-refractivity contribution is 0.0117. The second-order valence-electron chi connectivity index (χ2n) is 5.53. The second-order valence-corrected chi connectivity index (χ2v) is 5.97. The van der Waals surface area contributed by atoms with Crippen molar-refractivity contribution in [3.8, 4) is 6.07 Å². The molecule has 1 aliphatic heterocycles. The first kappa shape index (κ1) is 14.8. The Hall–Kier alpha value is -2.09. The van der Waals surface area contributed by atoms with E-state index in [9.17, 15) is 10.4 Å². The highest BCUT2D eigenvalue weighted by atomic mass is 35.5. The molecule has 5 heteroatoms. The molecule has 2 aromatic rings. The number of nitriles is 1. The van der Waals surface area contributed by atoms with Crippen molar-refractivity contribution < 1.29 is 5.11 Å². The van der Waals surface area contributed by atoms with Crippen molar-refractivity contribution in [1.82, 2.24) is 4.98 Å². The van der Waals surface area contributed by atoms with Gasteiger partial charge in [0.25, 0.3) is 0 Å². The number of anilines is 1. The fraction of sp³-hybridized carbons (Fsp3) is 0.294. The first-order valence-corrected chi connectivity index (χ1v) is 7.58. The summed E-state index contributed by atoms with van der Waals surface area (Å²) in [4.78, 5) is 6.21. The Labute approximate surface area is 134 Å². The Morgan fingerprint density at radius 2 is 1.86 bits per heavy atom. The number of aromatic nitrogens is 1. The summed E-state index contributed by atoms with van der Waals surface area (Å²) in [6.45, 7) is 1.36. The smallest absolute Gasteiger partial charge is 0.101 e. The molecule has 1 fully saturated rings. The number of piperidine rings is 1. The van der Waals surface area contributed by atoms with Gasteiger partial charge in [0.05, 0.1) is 23.0 Å². The van der Waals surface area contributed by atoms with Crippen molar-refractivity contribution in [2.24, 2.45) is 0 Å². The van der Waals surface area contributed by atoms with E-state index in [0.29, 0.717) is 36.5 Å². The maximum absolute atomic E-state index is 10.9. The summed E-state index contributed by atoms with van der Waals surface area (Å²) in [6.07, 6.45) is 4.55. The minimum Gasteiger partial charge on any atom is -0.385 e. The van der Waals surface area contributed by atoms with Crippen molar-refractivity contribution in [3.63, 3.8) is 0 Å². The molecule has 3 rings (SSSR count). The third-order valence-corrected chi connectivity index (χ3v) is 4.49. The number of hydrogen-bond donors (Lipinski definition) is 1. The minimum absolute atomic E-state index is 0.606. The summed E-state index contributed by atoms with van der Waals surface area (Å²) in [5, 5.41) is 20.7. The van der Waals surface area contributed by atoms with Gasteiger partial charge in [-0.25, -0.2) is 0 Å². The molecule has 1 saturated heterocycles. The normalized spacial score (nSPS) is 17.0. The number of halogens is 1. The quantitative estimate of drug-likeness (QED) is 0.925.